The van der Waals surface area contributed by atoms with E-state index in [9.17, 15) is 0 Å². The lowest BCUT2D eigenvalue weighted by molar-refractivity contribution is 0.271. The fraction of sp³-hybridized carbons (Fsp3) is 0.208. The summed E-state index contributed by atoms with van der Waals surface area (Å²) in [7, 11) is 1.64. The number of imidazole rings is 1. The number of hydrogen-bond acceptors (Lipinski definition) is 4. The van der Waals surface area contributed by atoms with E-state index in [1.54, 1.807) is 7.11 Å². The summed E-state index contributed by atoms with van der Waals surface area (Å²) in [6.45, 7) is 3.47. The fourth-order valence-corrected chi connectivity index (χ4v) is 3.40. The molecule has 4 aromatic rings. The summed E-state index contributed by atoms with van der Waals surface area (Å²) in [6, 6.07) is 21.3. The first kappa shape index (κ1) is 20.1. The van der Waals surface area contributed by atoms with Crippen LogP contribution in [0.2, 0.25) is 5.02 Å². The fourth-order valence-electron chi connectivity index (χ4n) is 3.29. The highest BCUT2D eigenvalue weighted by atomic mass is 35.5. The molecule has 1 heterocycles. The highest BCUT2D eigenvalue weighted by molar-refractivity contribution is 6.31. The zero-order chi connectivity index (χ0) is 20.9. The van der Waals surface area contributed by atoms with E-state index in [4.69, 9.17) is 30.8 Å². The van der Waals surface area contributed by atoms with Crippen LogP contribution in [-0.2, 0) is 13.2 Å². The van der Waals surface area contributed by atoms with Gasteiger partial charge in [-0.1, -0.05) is 29.8 Å². The van der Waals surface area contributed by atoms with E-state index in [-0.39, 0.29) is 0 Å². The molecule has 154 valence electrons. The van der Waals surface area contributed by atoms with E-state index >= 15 is 0 Å². The van der Waals surface area contributed by atoms with Crippen LogP contribution in [0.5, 0.6) is 17.2 Å². The predicted octanol–water partition coefficient (Wildman–Crippen LogP) is 5.66. The van der Waals surface area contributed by atoms with Crippen molar-refractivity contribution in [3.8, 4) is 17.2 Å². The van der Waals surface area contributed by atoms with Crippen molar-refractivity contribution in [3.63, 3.8) is 0 Å². The van der Waals surface area contributed by atoms with Crippen molar-refractivity contribution < 1.29 is 14.2 Å². The van der Waals surface area contributed by atoms with Crippen molar-refractivity contribution in [2.24, 2.45) is 0 Å². The molecule has 0 aliphatic heterocycles. The average molecular weight is 423 g/mol. The first-order valence-corrected chi connectivity index (χ1v) is 10.1. The van der Waals surface area contributed by atoms with Gasteiger partial charge in [0.05, 0.1) is 24.7 Å². The van der Waals surface area contributed by atoms with E-state index in [1.165, 1.54) is 0 Å². The van der Waals surface area contributed by atoms with E-state index in [0.29, 0.717) is 19.8 Å². The van der Waals surface area contributed by atoms with E-state index in [2.05, 4.69) is 10.6 Å². The van der Waals surface area contributed by atoms with Crippen LogP contribution in [-0.4, -0.2) is 23.3 Å². The number of hydrogen-bond donors (Lipinski definition) is 0. The molecule has 0 aliphatic carbocycles. The predicted molar refractivity (Wildman–Crippen MR) is 119 cm³/mol. The lowest BCUT2D eigenvalue weighted by Gasteiger charge is -2.12. The molecule has 0 unspecified atom stereocenters. The Morgan fingerprint density at radius 3 is 2.53 bits per heavy atom. The summed E-state index contributed by atoms with van der Waals surface area (Å²) in [5.74, 6) is 3.14. The molecule has 1 aromatic heterocycles. The van der Waals surface area contributed by atoms with Gasteiger partial charge in [-0.25, -0.2) is 4.98 Å². The molecular weight excluding hydrogens is 400 g/mol. The number of benzene rings is 3. The quantitative estimate of drug-likeness (QED) is 0.367. The number of aromatic nitrogens is 2. The van der Waals surface area contributed by atoms with Crippen LogP contribution in [0.15, 0.2) is 66.7 Å². The van der Waals surface area contributed by atoms with Crippen LogP contribution < -0.4 is 14.2 Å². The monoisotopic (exact) mass is 422 g/mol. The van der Waals surface area contributed by atoms with Crippen molar-refractivity contribution in [2.75, 3.05) is 13.7 Å². The Morgan fingerprint density at radius 1 is 0.900 bits per heavy atom. The van der Waals surface area contributed by atoms with Crippen molar-refractivity contribution in [2.45, 2.75) is 20.1 Å². The Labute approximate surface area is 180 Å². The highest BCUT2D eigenvalue weighted by Crippen LogP contribution is 2.23. The Bertz CT molecular complexity index is 1160. The molecule has 0 radical (unpaired) electrons. The molecule has 0 atom stereocenters. The number of aryl methyl sites for hydroxylation is 1. The number of nitrogens with zero attached hydrogens (tertiary/aromatic N) is 2. The van der Waals surface area contributed by atoms with Gasteiger partial charge in [0, 0.05) is 11.1 Å². The number of para-hydroxylation sites is 2. The zero-order valence-corrected chi connectivity index (χ0v) is 17.7. The molecule has 0 fully saturated rings. The molecule has 0 saturated heterocycles. The molecule has 0 spiro atoms. The Morgan fingerprint density at radius 2 is 1.70 bits per heavy atom. The summed E-state index contributed by atoms with van der Waals surface area (Å²) in [6.07, 6.45) is 0. The summed E-state index contributed by atoms with van der Waals surface area (Å²) < 4.78 is 19.3. The third kappa shape index (κ3) is 4.52. The summed E-state index contributed by atoms with van der Waals surface area (Å²) in [4.78, 5) is 4.76. The van der Waals surface area contributed by atoms with Gasteiger partial charge >= 0.3 is 0 Å². The van der Waals surface area contributed by atoms with Gasteiger partial charge in [-0.2, -0.15) is 0 Å². The van der Waals surface area contributed by atoms with Crippen LogP contribution in [0.3, 0.4) is 0 Å². The van der Waals surface area contributed by atoms with Gasteiger partial charge in [-0.15, -0.1) is 0 Å². The summed E-state index contributed by atoms with van der Waals surface area (Å²) in [5.41, 5.74) is 2.98. The van der Waals surface area contributed by atoms with Gasteiger partial charge in [-0.3, -0.25) is 0 Å². The molecule has 0 amide bonds. The van der Waals surface area contributed by atoms with Crippen molar-refractivity contribution in [1.29, 1.82) is 0 Å². The third-order valence-electron chi connectivity index (χ3n) is 4.86. The van der Waals surface area contributed by atoms with Gasteiger partial charge in [-0.05, 0) is 55.0 Å². The van der Waals surface area contributed by atoms with Crippen molar-refractivity contribution in [3.05, 3.63) is 83.1 Å². The van der Waals surface area contributed by atoms with Gasteiger partial charge in [0.15, 0.2) is 0 Å². The lowest BCUT2D eigenvalue weighted by Crippen LogP contribution is -2.13. The minimum absolute atomic E-state index is 0.349. The normalized spacial score (nSPS) is 10.9. The number of halogens is 1. The highest BCUT2D eigenvalue weighted by Gasteiger charge is 2.12. The Kier molecular flexibility index (Phi) is 6.10. The minimum Gasteiger partial charge on any atom is -0.497 e. The van der Waals surface area contributed by atoms with Crippen LogP contribution in [0.4, 0.5) is 0 Å². The second kappa shape index (κ2) is 9.09. The third-order valence-corrected chi connectivity index (χ3v) is 5.28. The first-order valence-electron chi connectivity index (χ1n) is 9.74. The number of ether oxygens (including phenoxy) is 3. The Balaban J connectivity index is 1.50. The molecule has 5 nitrogen and oxygen atoms in total. The maximum absolute atomic E-state index is 6.10. The SMILES string of the molecule is COc1cccc(OCc2nc3ccccc3n2CCOc2ccc(Cl)c(C)c2)c1. The number of rotatable bonds is 8. The molecule has 30 heavy (non-hydrogen) atoms. The molecule has 3 aromatic carbocycles. The van der Waals surface area contributed by atoms with Crippen LogP contribution >= 0.6 is 11.6 Å². The topological polar surface area (TPSA) is 45.5 Å². The largest absolute Gasteiger partial charge is 0.497 e. The van der Waals surface area contributed by atoms with E-state index in [0.717, 1.165) is 44.7 Å². The minimum atomic E-state index is 0.349. The molecule has 0 bridgehead atoms. The molecule has 0 saturated carbocycles. The van der Waals surface area contributed by atoms with Crippen molar-refractivity contribution in [1.82, 2.24) is 9.55 Å². The maximum Gasteiger partial charge on any atom is 0.148 e. The Hall–Kier alpha value is -3.18. The zero-order valence-electron chi connectivity index (χ0n) is 17.0. The molecule has 6 heteroatoms. The second-order valence-electron chi connectivity index (χ2n) is 6.90. The van der Waals surface area contributed by atoms with Crippen LogP contribution in [0.25, 0.3) is 11.0 Å². The molecule has 0 aliphatic rings. The molecular formula is C24H23ClN2O3. The standard InChI is InChI=1S/C24H23ClN2O3/c1-17-14-20(10-11-21(17)25)29-13-12-27-23-9-4-3-8-22(23)26-24(27)16-30-19-7-5-6-18(15-19)28-2/h3-11,14-15H,12-13,16H2,1-2H3. The van der Waals surface area contributed by atoms with Gasteiger partial charge in [0.25, 0.3) is 0 Å². The summed E-state index contributed by atoms with van der Waals surface area (Å²) in [5, 5.41) is 0.736. The van der Waals surface area contributed by atoms with Crippen LogP contribution in [0, 0.1) is 6.92 Å². The first-order chi connectivity index (χ1) is 14.6. The summed E-state index contributed by atoms with van der Waals surface area (Å²) >= 11 is 6.10. The van der Waals surface area contributed by atoms with Crippen molar-refractivity contribution >= 4 is 22.6 Å². The van der Waals surface area contributed by atoms with Gasteiger partial charge in [0.2, 0.25) is 0 Å². The number of methoxy groups -OCH3 is 1. The van der Waals surface area contributed by atoms with E-state index < -0.39 is 0 Å². The molecule has 0 N–H and O–H groups in total. The average Bonchev–Trinajstić information content (AvgIpc) is 3.12. The number of fused-ring (bicyclic) bond motifs is 1. The lowest BCUT2D eigenvalue weighted by atomic mass is 10.2. The van der Waals surface area contributed by atoms with Crippen LogP contribution in [0.1, 0.15) is 11.4 Å². The molecule has 4 rings (SSSR count). The van der Waals surface area contributed by atoms with Gasteiger partial charge in [0.1, 0.15) is 36.3 Å². The smallest absolute Gasteiger partial charge is 0.148 e. The maximum atomic E-state index is 6.10. The van der Waals surface area contributed by atoms with Gasteiger partial charge < -0.3 is 18.8 Å². The van der Waals surface area contributed by atoms with E-state index in [1.807, 2.05) is 67.6 Å². The second-order valence-corrected chi connectivity index (χ2v) is 7.30.